The molecule has 0 bridgehead atoms. The van der Waals surface area contributed by atoms with Gasteiger partial charge in [-0.15, -0.1) is 0 Å². The molecule has 19 heavy (non-hydrogen) atoms. The van der Waals surface area contributed by atoms with E-state index >= 15 is 0 Å². The first kappa shape index (κ1) is 18.0. The van der Waals surface area contributed by atoms with Crippen LogP contribution < -0.4 is 0 Å². The molecule has 4 heteroatoms. The molecule has 109 valence electrons. The molecule has 0 aliphatic rings. The summed E-state index contributed by atoms with van der Waals surface area (Å²) < 4.78 is 4.76. The minimum Gasteiger partial charge on any atom is -0.456 e. The highest BCUT2D eigenvalue weighted by Crippen LogP contribution is 2.29. The lowest BCUT2D eigenvalue weighted by Crippen LogP contribution is -2.29. The van der Waals surface area contributed by atoms with Crippen molar-refractivity contribution in [2.75, 3.05) is 0 Å². The molecule has 0 amide bonds. The van der Waals surface area contributed by atoms with Gasteiger partial charge in [0.15, 0.2) is 0 Å². The molecule has 4 nitrogen and oxygen atoms in total. The molecule has 0 rings (SSSR count). The van der Waals surface area contributed by atoms with Gasteiger partial charge in [-0.25, -0.2) is 4.79 Å². The van der Waals surface area contributed by atoms with E-state index < -0.39 is 17.2 Å². The molecule has 0 spiro atoms. The van der Waals surface area contributed by atoms with Gasteiger partial charge in [0.05, 0.1) is 6.08 Å². The Kier molecular flexibility index (Phi) is 6.07. The number of carbonyl (C=O) groups is 1. The molecular formula is C15H25O4. The Morgan fingerprint density at radius 1 is 1.11 bits per heavy atom. The zero-order valence-electron chi connectivity index (χ0n) is 13.0. The summed E-state index contributed by atoms with van der Waals surface area (Å²) in [5, 5.41) is 0. The van der Waals surface area contributed by atoms with E-state index in [1.807, 2.05) is 13.8 Å². The normalized spacial score (nSPS) is 13.7. The SMILES string of the molecule is [C]C(C)(C)OC(=O)C=COOC(C)(C)CC(C)(C)C. The van der Waals surface area contributed by atoms with Crippen molar-refractivity contribution in [3.05, 3.63) is 19.3 Å². The first-order valence-electron chi connectivity index (χ1n) is 6.30. The molecule has 0 aliphatic heterocycles. The van der Waals surface area contributed by atoms with Gasteiger partial charge in [0.2, 0.25) is 0 Å². The van der Waals surface area contributed by atoms with E-state index in [0.29, 0.717) is 0 Å². The maximum atomic E-state index is 11.2. The highest BCUT2D eigenvalue weighted by atomic mass is 17.2. The number of carbonyl (C=O) groups excluding carboxylic acids is 1. The Hall–Kier alpha value is -1.03. The van der Waals surface area contributed by atoms with Gasteiger partial charge in [0.1, 0.15) is 17.5 Å². The van der Waals surface area contributed by atoms with Gasteiger partial charge in [-0.1, -0.05) is 20.8 Å². The van der Waals surface area contributed by atoms with Crippen molar-refractivity contribution >= 4 is 5.97 Å². The number of rotatable bonds is 6. The monoisotopic (exact) mass is 269 g/mol. The van der Waals surface area contributed by atoms with Gasteiger partial charge in [0.25, 0.3) is 0 Å². The lowest BCUT2D eigenvalue weighted by molar-refractivity contribution is -0.321. The molecule has 0 saturated heterocycles. The van der Waals surface area contributed by atoms with E-state index in [1.54, 1.807) is 0 Å². The number of ether oxygens (including phenoxy) is 1. The van der Waals surface area contributed by atoms with Crippen LogP contribution in [0.1, 0.15) is 54.9 Å². The second kappa shape index (κ2) is 6.42. The maximum absolute atomic E-state index is 11.2. The van der Waals surface area contributed by atoms with Crippen LogP contribution in [0.15, 0.2) is 12.3 Å². The fourth-order valence-corrected chi connectivity index (χ4v) is 1.83. The molecule has 0 aromatic heterocycles. The van der Waals surface area contributed by atoms with Crippen LogP contribution in [0.3, 0.4) is 0 Å². The van der Waals surface area contributed by atoms with Crippen molar-refractivity contribution in [1.82, 2.24) is 0 Å². The Bertz CT molecular complexity index is 316. The standard InChI is InChI=1S/C15H25O4/c1-13(2,3)11-15(7,8)19-17-10-9-12(16)18-14(4,5)6/h9-10H,11H2,1-5,7-8H3. The summed E-state index contributed by atoms with van der Waals surface area (Å²) in [7, 11) is 0. The quantitative estimate of drug-likeness (QED) is 0.243. The lowest BCUT2D eigenvalue weighted by Gasteiger charge is -2.30. The Morgan fingerprint density at radius 2 is 1.63 bits per heavy atom. The van der Waals surface area contributed by atoms with Crippen molar-refractivity contribution in [3.8, 4) is 0 Å². The van der Waals surface area contributed by atoms with Crippen molar-refractivity contribution in [1.29, 1.82) is 0 Å². The van der Waals surface area contributed by atoms with Crippen molar-refractivity contribution in [2.45, 2.75) is 66.1 Å². The Balaban J connectivity index is 4.12. The largest absolute Gasteiger partial charge is 0.456 e. The molecule has 0 aliphatic carbocycles. The van der Waals surface area contributed by atoms with Crippen molar-refractivity contribution in [2.24, 2.45) is 5.41 Å². The first-order chi connectivity index (χ1) is 8.31. The molecule has 0 N–H and O–H groups in total. The van der Waals surface area contributed by atoms with E-state index in [2.05, 4.69) is 20.8 Å². The summed E-state index contributed by atoms with van der Waals surface area (Å²) in [6, 6.07) is 0. The smallest absolute Gasteiger partial charge is 0.334 e. The maximum Gasteiger partial charge on any atom is 0.334 e. The topological polar surface area (TPSA) is 44.8 Å². The van der Waals surface area contributed by atoms with Crippen LogP contribution in [-0.2, 0) is 19.3 Å². The Labute approximate surface area is 117 Å². The fraction of sp³-hybridized carbons (Fsp3) is 0.733. The van der Waals surface area contributed by atoms with Gasteiger partial charge in [-0.2, -0.15) is 4.89 Å². The first-order valence-corrected chi connectivity index (χ1v) is 6.30. The summed E-state index contributed by atoms with van der Waals surface area (Å²) in [5.74, 6) is -0.641. The third kappa shape index (κ3) is 11.8. The summed E-state index contributed by atoms with van der Waals surface area (Å²) >= 11 is 0. The molecule has 0 heterocycles. The number of esters is 1. The molecule has 3 radical (unpaired) electrons. The van der Waals surface area contributed by atoms with Gasteiger partial charge in [-0.05, 0) is 39.5 Å². The molecule has 0 atom stereocenters. The molecule has 0 fully saturated rings. The van der Waals surface area contributed by atoms with Crippen LogP contribution in [0.2, 0.25) is 0 Å². The van der Waals surface area contributed by atoms with Crippen LogP contribution >= 0.6 is 0 Å². The molecule has 0 aromatic carbocycles. The minimum absolute atomic E-state index is 0.116. The fourth-order valence-electron chi connectivity index (χ4n) is 1.83. The number of hydrogen-bond acceptors (Lipinski definition) is 4. The zero-order chi connectivity index (χ0) is 15.3. The Morgan fingerprint density at radius 3 is 2.05 bits per heavy atom. The summed E-state index contributed by atoms with van der Waals surface area (Å²) in [6.45, 7) is 20.5. The average molecular weight is 269 g/mol. The van der Waals surface area contributed by atoms with Gasteiger partial charge in [-0.3, -0.25) is 0 Å². The predicted octanol–water partition coefficient (Wildman–Crippen LogP) is 3.57. The third-order valence-corrected chi connectivity index (χ3v) is 1.85. The van der Waals surface area contributed by atoms with Crippen LogP contribution in [0, 0.1) is 12.3 Å². The van der Waals surface area contributed by atoms with Crippen LogP contribution in [0.4, 0.5) is 0 Å². The van der Waals surface area contributed by atoms with Gasteiger partial charge in [0, 0.05) is 6.92 Å². The minimum atomic E-state index is -1.26. The molecular weight excluding hydrogens is 244 g/mol. The highest BCUT2D eigenvalue weighted by molar-refractivity contribution is 5.82. The van der Waals surface area contributed by atoms with E-state index in [4.69, 9.17) is 21.4 Å². The third-order valence-electron chi connectivity index (χ3n) is 1.85. The van der Waals surface area contributed by atoms with E-state index in [0.717, 1.165) is 18.8 Å². The van der Waals surface area contributed by atoms with Crippen molar-refractivity contribution < 1.29 is 19.3 Å². The molecule has 0 saturated carbocycles. The summed E-state index contributed by atoms with van der Waals surface area (Å²) in [4.78, 5) is 21.4. The lowest BCUT2D eigenvalue weighted by atomic mass is 9.84. The van der Waals surface area contributed by atoms with Gasteiger partial charge < -0.3 is 9.62 Å². The van der Waals surface area contributed by atoms with Crippen molar-refractivity contribution in [3.63, 3.8) is 0 Å². The molecule has 0 aromatic rings. The van der Waals surface area contributed by atoms with E-state index in [9.17, 15) is 4.79 Å². The van der Waals surface area contributed by atoms with E-state index in [1.165, 1.54) is 13.8 Å². The zero-order valence-corrected chi connectivity index (χ0v) is 13.0. The second-order valence-electron chi connectivity index (χ2n) is 6.91. The summed E-state index contributed by atoms with van der Waals surface area (Å²) in [6.07, 6.45) is 3.01. The van der Waals surface area contributed by atoms with Crippen LogP contribution in [0.25, 0.3) is 0 Å². The predicted molar refractivity (Wildman–Crippen MR) is 72.9 cm³/mol. The molecule has 0 unspecified atom stereocenters. The van der Waals surface area contributed by atoms with E-state index in [-0.39, 0.29) is 5.41 Å². The van der Waals surface area contributed by atoms with Gasteiger partial charge >= 0.3 is 5.97 Å². The second-order valence-corrected chi connectivity index (χ2v) is 6.91. The highest BCUT2D eigenvalue weighted by Gasteiger charge is 2.27. The van der Waals surface area contributed by atoms with Crippen LogP contribution in [-0.4, -0.2) is 17.2 Å². The number of hydrogen-bond donors (Lipinski definition) is 0. The summed E-state index contributed by atoms with van der Waals surface area (Å²) in [5.41, 5.74) is -1.60. The average Bonchev–Trinajstić information content (AvgIpc) is 2.05. The van der Waals surface area contributed by atoms with Crippen LogP contribution in [0.5, 0.6) is 0 Å².